The predicted molar refractivity (Wildman–Crippen MR) is 99.7 cm³/mol. The number of aryl methyl sites for hydroxylation is 1. The number of hydrogen-bond donors (Lipinski definition) is 1. The van der Waals surface area contributed by atoms with Gasteiger partial charge < -0.3 is 14.7 Å². The number of amides is 2. The van der Waals surface area contributed by atoms with E-state index in [-0.39, 0.29) is 23.8 Å². The van der Waals surface area contributed by atoms with Gasteiger partial charge in [0.05, 0.1) is 6.54 Å². The van der Waals surface area contributed by atoms with Crippen molar-refractivity contribution in [1.29, 1.82) is 0 Å². The van der Waals surface area contributed by atoms with Gasteiger partial charge in [-0.15, -0.1) is 0 Å². The summed E-state index contributed by atoms with van der Waals surface area (Å²) in [4.78, 5) is 18.6. The number of carbonyl (C=O) groups excluding carboxylic acids is 1. The van der Waals surface area contributed by atoms with Crippen molar-refractivity contribution in [2.24, 2.45) is 7.05 Å². The molecule has 1 aromatic carbocycles. The number of nitrogens with one attached hydrogen (secondary N) is 1. The SMILES string of the molecule is CC(C)NC(=O)N1CCc2c(c(-c3nc(-c4ccc(F)cc4)no3)nn2C)C1. The van der Waals surface area contributed by atoms with E-state index in [0.29, 0.717) is 36.6 Å². The summed E-state index contributed by atoms with van der Waals surface area (Å²) in [6, 6.07) is 5.84. The molecule has 146 valence electrons. The zero-order valence-corrected chi connectivity index (χ0v) is 15.9. The van der Waals surface area contributed by atoms with Gasteiger partial charge in [-0.3, -0.25) is 4.68 Å². The lowest BCUT2D eigenvalue weighted by Crippen LogP contribution is -2.45. The maximum Gasteiger partial charge on any atom is 0.317 e. The summed E-state index contributed by atoms with van der Waals surface area (Å²) in [5, 5.41) is 11.5. The molecule has 1 N–H and O–H groups in total. The average molecular weight is 384 g/mol. The fourth-order valence-electron chi connectivity index (χ4n) is 3.31. The van der Waals surface area contributed by atoms with E-state index >= 15 is 0 Å². The molecule has 3 aromatic rings. The fourth-order valence-corrected chi connectivity index (χ4v) is 3.31. The minimum atomic E-state index is -0.328. The predicted octanol–water partition coefficient (Wildman–Crippen LogP) is 2.75. The number of nitrogens with zero attached hydrogens (tertiary/aromatic N) is 5. The van der Waals surface area contributed by atoms with Crippen molar-refractivity contribution in [3.05, 3.63) is 41.3 Å². The van der Waals surface area contributed by atoms with Crippen LogP contribution < -0.4 is 5.32 Å². The molecule has 4 rings (SSSR count). The van der Waals surface area contributed by atoms with Crippen LogP contribution in [0, 0.1) is 5.82 Å². The van der Waals surface area contributed by atoms with Crippen LogP contribution in [0.2, 0.25) is 0 Å². The lowest BCUT2D eigenvalue weighted by atomic mass is 10.1. The second-order valence-electron chi connectivity index (χ2n) is 7.10. The van der Waals surface area contributed by atoms with E-state index in [9.17, 15) is 9.18 Å². The standard InChI is InChI=1S/C19H21FN6O2/c1-11(2)21-19(27)26-9-8-15-14(10-26)16(23-25(15)3)18-22-17(24-28-18)12-4-6-13(20)7-5-12/h4-7,11H,8-10H2,1-3H3,(H,21,27). The Bertz CT molecular complexity index is 1010. The third-order valence-electron chi connectivity index (χ3n) is 4.67. The molecular weight excluding hydrogens is 363 g/mol. The minimum absolute atomic E-state index is 0.0662. The number of halogens is 1. The van der Waals surface area contributed by atoms with Gasteiger partial charge in [-0.1, -0.05) is 5.16 Å². The van der Waals surface area contributed by atoms with Crippen molar-refractivity contribution in [1.82, 2.24) is 30.1 Å². The van der Waals surface area contributed by atoms with Crippen molar-refractivity contribution in [3.8, 4) is 23.0 Å². The summed E-state index contributed by atoms with van der Waals surface area (Å²) >= 11 is 0. The minimum Gasteiger partial charge on any atom is -0.336 e. The van der Waals surface area contributed by atoms with Crippen molar-refractivity contribution in [3.63, 3.8) is 0 Å². The van der Waals surface area contributed by atoms with Crippen molar-refractivity contribution in [2.45, 2.75) is 32.9 Å². The van der Waals surface area contributed by atoms with Gasteiger partial charge in [0.2, 0.25) is 5.82 Å². The van der Waals surface area contributed by atoms with Crippen LogP contribution in [-0.4, -0.2) is 43.4 Å². The summed E-state index contributed by atoms with van der Waals surface area (Å²) < 4.78 is 20.4. The smallest absolute Gasteiger partial charge is 0.317 e. The Balaban J connectivity index is 1.64. The summed E-state index contributed by atoms with van der Waals surface area (Å²) in [6.07, 6.45) is 0.698. The number of urea groups is 1. The quantitative estimate of drug-likeness (QED) is 0.750. The number of rotatable bonds is 3. The Morgan fingerprint density at radius 3 is 2.75 bits per heavy atom. The lowest BCUT2D eigenvalue weighted by molar-refractivity contribution is 0.189. The summed E-state index contributed by atoms with van der Waals surface area (Å²) in [6.45, 7) is 4.90. The molecule has 28 heavy (non-hydrogen) atoms. The van der Waals surface area contributed by atoms with Crippen LogP contribution in [-0.2, 0) is 20.0 Å². The molecule has 0 bridgehead atoms. The molecule has 0 fully saturated rings. The topological polar surface area (TPSA) is 89.1 Å². The Morgan fingerprint density at radius 2 is 2.04 bits per heavy atom. The van der Waals surface area contributed by atoms with E-state index in [4.69, 9.17) is 4.52 Å². The molecule has 0 saturated carbocycles. The number of fused-ring (bicyclic) bond motifs is 1. The molecule has 0 spiro atoms. The number of aromatic nitrogens is 4. The van der Waals surface area contributed by atoms with Crippen LogP contribution >= 0.6 is 0 Å². The second-order valence-corrected chi connectivity index (χ2v) is 7.10. The molecule has 0 saturated heterocycles. The van der Waals surface area contributed by atoms with Gasteiger partial charge in [0.1, 0.15) is 5.82 Å². The zero-order valence-electron chi connectivity index (χ0n) is 15.9. The number of carbonyl (C=O) groups is 1. The van der Waals surface area contributed by atoms with Gasteiger partial charge in [0.25, 0.3) is 5.89 Å². The Hall–Kier alpha value is -3.23. The van der Waals surface area contributed by atoms with Crippen molar-refractivity contribution in [2.75, 3.05) is 6.54 Å². The Morgan fingerprint density at radius 1 is 1.29 bits per heavy atom. The second kappa shape index (κ2) is 7.06. The molecule has 0 radical (unpaired) electrons. The average Bonchev–Trinajstić information content (AvgIpc) is 3.26. The number of benzene rings is 1. The monoisotopic (exact) mass is 384 g/mol. The van der Waals surface area contributed by atoms with E-state index in [1.165, 1.54) is 12.1 Å². The molecular formula is C19H21FN6O2. The maximum absolute atomic E-state index is 13.1. The number of hydrogen-bond acceptors (Lipinski definition) is 5. The highest BCUT2D eigenvalue weighted by atomic mass is 19.1. The summed E-state index contributed by atoms with van der Waals surface area (Å²) in [5.74, 6) is 0.313. The largest absolute Gasteiger partial charge is 0.336 e. The molecule has 3 heterocycles. The van der Waals surface area contributed by atoms with Gasteiger partial charge in [-0.25, -0.2) is 9.18 Å². The van der Waals surface area contributed by atoms with Crippen LogP contribution in [0.3, 0.4) is 0 Å². The molecule has 0 unspecified atom stereocenters. The normalized spacial score (nSPS) is 13.7. The lowest BCUT2D eigenvalue weighted by Gasteiger charge is -2.28. The first kappa shape index (κ1) is 18.1. The molecule has 9 heteroatoms. The van der Waals surface area contributed by atoms with E-state index in [1.54, 1.807) is 21.7 Å². The van der Waals surface area contributed by atoms with E-state index < -0.39 is 0 Å². The molecule has 2 aromatic heterocycles. The van der Waals surface area contributed by atoms with Gasteiger partial charge in [0, 0.05) is 42.9 Å². The molecule has 1 aliphatic rings. The first-order chi connectivity index (χ1) is 13.4. The van der Waals surface area contributed by atoms with E-state index in [1.807, 2.05) is 20.9 Å². The first-order valence-corrected chi connectivity index (χ1v) is 9.12. The first-order valence-electron chi connectivity index (χ1n) is 9.12. The van der Waals surface area contributed by atoms with E-state index in [2.05, 4.69) is 20.6 Å². The van der Waals surface area contributed by atoms with Crippen molar-refractivity contribution >= 4 is 6.03 Å². The van der Waals surface area contributed by atoms with Gasteiger partial charge >= 0.3 is 6.03 Å². The molecule has 2 amide bonds. The molecule has 1 aliphatic heterocycles. The zero-order chi connectivity index (χ0) is 19.8. The van der Waals surface area contributed by atoms with Gasteiger partial charge in [0.15, 0.2) is 5.69 Å². The summed E-state index contributed by atoms with van der Waals surface area (Å²) in [7, 11) is 1.86. The third kappa shape index (κ3) is 3.35. The Kier molecular flexibility index (Phi) is 4.58. The van der Waals surface area contributed by atoms with E-state index in [0.717, 1.165) is 11.3 Å². The molecule has 8 nitrogen and oxygen atoms in total. The van der Waals surface area contributed by atoms with Crippen LogP contribution in [0.1, 0.15) is 25.1 Å². The maximum atomic E-state index is 13.1. The van der Waals surface area contributed by atoms with Gasteiger partial charge in [-0.2, -0.15) is 10.1 Å². The van der Waals surface area contributed by atoms with Gasteiger partial charge in [-0.05, 0) is 38.1 Å². The highest BCUT2D eigenvalue weighted by molar-refractivity contribution is 5.75. The van der Waals surface area contributed by atoms with Crippen LogP contribution in [0.4, 0.5) is 9.18 Å². The molecule has 0 aliphatic carbocycles. The molecule has 0 atom stereocenters. The summed E-state index contributed by atoms with van der Waals surface area (Å²) in [5.41, 5.74) is 3.17. The van der Waals surface area contributed by atoms with Crippen LogP contribution in [0.25, 0.3) is 23.0 Å². The highest BCUT2D eigenvalue weighted by Gasteiger charge is 2.29. The van der Waals surface area contributed by atoms with Crippen LogP contribution in [0.15, 0.2) is 28.8 Å². The highest BCUT2D eigenvalue weighted by Crippen LogP contribution is 2.30. The fraction of sp³-hybridized carbons (Fsp3) is 0.368. The Labute approximate surface area is 161 Å². The third-order valence-corrected chi connectivity index (χ3v) is 4.67. The van der Waals surface area contributed by atoms with Crippen molar-refractivity contribution < 1.29 is 13.7 Å². The van der Waals surface area contributed by atoms with Crippen LogP contribution in [0.5, 0.6) is 0 Å².